The van der Waals surface area contributed by atoms with Crippen LogP contribution in [0.25, 0.3) is 11.2 Å². The SMILES string of the molecule is Cn1c(=O)c2nc([N+](=O)[O-])n(Cc3ccc(C(C)(C)C)cc3)c2n(C)c1=O. The second-order valence-electron chi connectivity index (χ2n) is 7.58. The third kappa shape index (κ3) is 3.05. The number of fused-ring (bicyclic) bond motifs is 1. The lowest BCUT2D eigenvalue weighted by Gasteiger charge is -2.19. The Morgan fingerprint density at radius 3 is 2.19 bits per heavy atom. The first-order chi connectivity index (χ1) is 12.5. The minimum Gasteiger partial charge on any atom is -0.390 e. The summed E-state index contributed by atoms with van der Waals surface area (Å²) in [7, 11) is 2.79. The Bertz CT molecular complexity index is 1160. The van der Waals surface area contributed by atoms with Crippen molar-refractivity contribution in [2.45, 2.75) is 32.7 Å². The maximum Gasteiger partial charge on any atom is 0.437 e. The number of nitro groups is 1. The van der Waals surface area contributed by atoms with Crippen LogP contribution in [0.1, 0.15) is 31.9 Å². The molecule has 0 atom stereocenters. The minimum atomic E-state index is -0.655. The highest BCUT2D eigenvalue weighted by molar-refractivity contribution is 5.72. The second kappa shape index (κ2) is 6.19. The summed E-state index contributed by atoms with van der Waals surface area (Å²) in [5.74, 6) is -0.469. The first-order valence-electron chi connectivity index (χ1n) is 8.42. The molecule has 1 aromatic carbocycles. The number of aromatic nitrogens is 4. The molecule has 142 valence electrons. The topological polar surface area (TPSA) is 105 Å². The summed E-state index contributed by atoms with van der Waals surface area (Å²) in [5.41, 5.74) is 0.746. The zero-order valence-corrected chi connectivity index (χ0v) is 15.9. The molecule has 2 aromatic heterocycles. The van der Waals surface area contributed by atoms with E-state index in [1.165, 1.54) is 23.2 Å². The normalized spacial score (nSPS) is 11.9. The van der Waals surface area contributed by atoms with Gasteiger partial charge in [-0.15, -0.1) is 0 Å². The second-order valence-corrected chi connectivity index (χ2v) is 7.58. The number of hydrogen-bond acceptors (Lipinski definition) is 5. The third-order valence-corrected chi connectivity index (χ3v) is 4.64. The monoisotopic (exact) mass is 371 g/mol. The minimum absolute atomic E-state index is 0.0116. The maximum absolute atomic E-state index is 12.3. The largest absolute Gasteiger partial charge is 0.437 e. The van der Waals surface area contributed by atoms with Gasteiger partial charge in [-0.25, -0.2) is 9.36 Å². The molecule has 0 aliphatic heterocycles. The molecule has 0 aliphatic carbocycles. The van der Waals surface area contributed by atoms with Crippen molar-refractivity contribution >= 4 is 17.1 Å². The van der Waals surface area contributed by atoms with Crippen LogP contribution >= 0.6 is 0 Å². The van der Waals surface area contributed by atoms with Crippen LogP contribution in [0, 0.1) is 10.1 Å². The van der Waals surface area contributed by atoms with E-state index in [0.29, 0.717) is 0 Å². The Labute approximate surface area is 154 Å². The quantitative estimate of drug-likeness (QED) is 0.515. The summed E-state index contributed by atoms with van der Waals surface area (Å²) in [6, 6.07) is 7.71. The van der Waals surface area contributed by atoms with Gasteiger partial charge < -0.3 is 10.1 Å². The average molecular weight is 371 g/mol. The summed E-state index contributed by atoms with van der Waals surface area (Å²) >= 11 is 0. The molecule has 0 bridgehead atoms. The molecule has 2 heterocycles. The lowest BCUT2D eigenvalue weighted by Crippen LogP contribution is -2.37. The molecule has 0 spiro atoms. The van der Waals surface area contributed by atoms with Crippen LogP contribution in [0.3, 0.4) is 0 Å². The molecular weight excluding hydrogens is 350 g/mol. The number of aryl methyl sites for hydroxylation is 1. The van der Waals surface area contributed by atoms with Crippen LogP contribution in [0.15, 0.2) is 33.9 Å². The molecule has 0 unspecified atom stereocenters. The van der Waals surface area contributed by atoms with Crippen molar-refractivity contribution in [2.75, 3.05) is 0 Å². The lowest BCUT2D eigenvalue weighted by atomic mass is 9.87. The number of rotatable bonds is 3. The van der Waals surface area contributed by atoms with Gasteiger partial charge in [-0.2, -0.15) is 0 Å². The number of nitrogens with zero attached hydrogens (tertiary/aromatic N) is 5. The summed E-state index contributed by atoms with van der Waals surface area (Å²) in [6.07, 6.45) is 0. The lowest BCUT2D eigenvalue weighted by molar-refractivity contribution is -0.396. The van der Waals surface area contributed by atoms with Crippen molar-refractivity contribution in [3.05, 3.63) is 66.3 Å². The van der Waals surface area contributed by atoms with Crippen LogP contribution in [0.4, 0.5) is 5.95 Å². The Morgan fingerprint density at radius 2 is 1.67 bits per heavy atom. The Morgan fingerprint density at radius 1 is 1.07 bits per heavy atom. The molecule has 0 saturated heterocycles. The molecule has 0 saturated carbocycles. The van der Waals surface area contributed by atoms with Crippen molar-refractivity contribution in [2.24, 2.45) is 14.1 Å². The van der Waals surface area contributed by atoms with Crippen LogP contribution in [0.2, 0.25) is 0 Å². The number of hydrogen-bond donors (Lipinski definition) is 0. The van der Waals surface area contributed by atoms with Gasteiger partial charge in [0.25, 0.3) is 5.52 Å². The molecule has 27 heavy (non-hydrogen) atoms. The van der Waals surface area contributed by atoms with Crippen molar-refractivity contribution < 1.29 is 4.92 Å². The molecule has 9 heteroatoms. The van der Waals surface area contributed by atoms with E-state index in [2.05, 4.69) is 25.8 Å². The van der Waals surface area contributed by atoms with Gasteiger partial charge in [0.1, 0.15) is 0 Å². The third-order valence-electron chi connectivity index (χ3n) is 4.64. The summed E-state index contributed by atoms with van der Waals surface area (Å²) < 4.78 is 3.39. The molecule has 0 fully saturated rings. The molecular formula is C18H21N5O4. The van der Waals surface area contributed by atoms with Crippen molar-refractivity contribution in [1.29, 1.82) is 0 Å². The highest BCUT2D eigenvalue weighted by atomic mass is 16.6. The van der Waals surface area contributed by atoms with Crippen LogP contribution in [-0.4, -0.2) is 23.6 Å². The fraction of sp³-hybridized carbons (Fsp3) is 0.389. The average Bonchev–Trinajstić information content (AvgIpc) is 2.97. The predicted octanol–water partition coefficient (Wildman–Crippen LogP) is 1.69. The predicted molar refractivity (Wildman–Crippen MR) is 101 cm³/mol. The van der Waals surface area contributed by atoms with Crippen molar-refractivity contribution in [3.63, 3.8) is 0 Å². The van der Waals surface area contributed by atoms with E-state index in [0.717, 1.165) is 15.7 Å². The zero-order valence-electron chi connectivity index (χ0n) is 15.9. The van der Waals surface area contributed by atoms with Crippen LogP contribution in [0.5, 0.6) is 0 Å². The fourth-order valence-corrected chi connectivity index (χ4v) is 3.06. The van der Waals surface area contributed by atoms with E-state index >= 15 is 0 Å². The number of benzene rings is 1. The molecule has 3 rings (SSSR count). The van der Waals surface area contributed by atoms with Crippen molar-refractivity contribution in [3.8, 4) is 0 Å². The summed E-state index contributed by atoms with van der Waals surface area (Å²) in [4.78, 5) is 39.3. The van der Waals surface area contributed by atoms with Crippen LogP contribution < -0.4 is 11.2 Å². The van der Waals surface area contributed by atoms with Crippen molar-refractivity contribution in [1.82, 2.24) is 18.7 Å². The maximum atomic E-state index is 12.3. The van der Waals surface area contributed by atoms with Gasteiger partial charge in [0.2, 0.25) is 5.65 Å². The Kier molecular flexibility index (Phi) is 4.25. The Balaban J connectivity index is 2.22. The van der Waals surface area contributed by atoms with Gasteiger partial charge in [-0.05, 0) is 21.5 Å². The van der Waals surface area contributed by atoms with Gasteiger partial charge >= 0.3 is 17.2 Å². The van der Waals surface area contributed by atoms with E-state index in [1.54, 1.807) is 0 Å². The molecule has 0 aliphatic rings. The standard InChI is InChI=1S/C18H21N5O4/c1-18(2,3)12-8-6-11(7-9-12)10-22-14-13(19-16(22)23(26)27)15(24)21(5)17(25)20(14)4/h6-9H,10H2,1-5H3. The molecule has 3 aromatic rings. The Hall–Kier alpha value is -3.23. The highest BCUT2D eigenvalue weighted by Gasteiger charge is 2.28. The number of imidazole rings is 1. The van der Waals surface area contributed by atoms with Gasteiger partial charge in [0.15, 0.2) is 0 Å². The van der Waals surface area contributed by atoms with E-state index in [4.69, 9.17) is 0 Å². The molecule has 0 N–H and O–H groups in total. The smallest absolute Gasteiger partial charge is 0.390 e. The molecule has 0 amide bonds. The van der Waals surface area contributed by atoms with E-state index in [-0.39, 0.29) is 23.1 Å². The molecule has 0 radical (unpaired) electrons. The van der Waals surface area contributed by atoms with Gasteiger partial charge in [0.05, 0.1) is 6.54 Å². The zero-order chi connectivity index (χ0) is 20.1. The first-order valence-corrected chi connectivity index (χ1v) is 8.42. The summed E-state index contributed by atoms with van der Waals surface area (Å²) in [5, 5.41) is 11.5. The van der Waals surface area contributed by atoms with E-state index < -0.39 is 22.1 Å². The summed E-state index contributed by atoms with van der Waals surface area (Å²) in [6.45, 7) is 6.42. The fourth-order valence-electron chi connectivity index (χ4n) is 3.06. The van der Waals surface area contributed by atoms with E-state index in [9.17, 15) is 19.7 Å². The highest BCUT2D eigenvalue weighted by Crippen LogP contribution is 2.24. The van der Waals surface area contributed by atoms with Gasteiger partial charge in [-0.3, -0.25) is 13.9 Å². The van der Waals surface area contributed by atoms with E-state index in [1.807, 2.05) is 24.3 Å². The molecule has 9 nitrogen and oxygen atoms in total. The van der Waals surface area contributed by atoms with Gasteiger partial charge in [-0.1, -0.05) is 50.0 Å². The first kappa shape index (κ1) is 18.6. The van der Waals surface area contributed by atoms with Crippen LogP contribution in [-0.2, 0) is 26.1 Å². The van der Waals surface area contributed by atoms with Gasteiger partial charge in [0, 0.05) is 14.1 Å².